The highest BCUT2D eigenvalue weighted by Crippen LogP contribution is 2.46. The van der Waals surface area contributed by atoms with Crippen molar-refractivity contribution in [2.45, 2.75) is 18.8 Å². The Morgan fingerprint density at radius 3 is 2.76 bits per heavy atom. The lowest BCUT2D eigenvalue weighted by Gasteiger charge is -2.03. The number of rotatable bonds is 2. The van der Waals surface area contributed by atoms with Crippen LogP contribution >= 0.6 is 34.5 Å². The maximum Gasteiger partial charge on any atom is 0.114 e. The molecule has 0 radical (unpaired) electrons. The first-order valence-electron chi connectivity index (χ1n) is 5.37. The summed E-state index contributed by atoms with van der Waals surface area (Å²) >= 11 is 13.7. The Bertz CT molecular complexity index is 576. The zero-order chi connectivity index (χ0) is 12.0. The third kappa shape index (κ3) is 2.03. The largest absolute Gasteiger partial charge is 0.389 e. The summed E-state index contributed by atoms with van der Waals surface area (Å²) in [4.78, 5) is 4.59. The molecule has 1 aliphatic carbocycles. The Kier molecular flexibility index (Phi) is 2.77. The highest BCUT2D eigenvalue weighted by Gasteiger charge is 2.28. The summed E-state index contributed by atoms with van der Waals surface area (Å²) in [5, 5.41) is 2.89. The Morgan fingerprint density at radius 2 is 2.06 bits per heavy atom. The van der Waals surface area contributed by atoms with Crippen LogP contribution in [-0.4, -0.2) is 4.98 Å². The molecule has 2 nitrogen and oxygen atoms in total. The number of nitrogens with two attached hydrogens (primary N) is 1. The van der Waals surface area contributed by atoms with Gasteiger partial charge in [-0.15, -0.1) is 11.3 Å². The van der Waals surface area contributed by atoms with Crippen LogP contribution in [0.5, 0.6) is 0 Å². The fraction of sp³-hybridized carbons (Fsp3) is 0.250. The first-order valence-corrected chi connectivity index (χ1v) is 6.94. The standard InChI is InChI=1S/C12H10Cl2N2S/c13-8-3-1-2-7(9(8)14)10-11(15)17-12(16-10)6-4-5-6/h1-3,6H,4-5,15H2. The van der Waals surface area contributed by atoms with Crippen molar-refractivity contribution in [1.29, 1.82) is 0 Å². The van der Waals surface area contributed by atoms with Crippen LogP contribution < -0.4 is 5.73 Å². The van der Waals surface area contributed by atoms with Crippen molar-refractivity contribution in [1.82, 2.24) is 4.98 Å². The SMILES string of the molecule is Nc1sc(C2CC2)nc1-c1cccc(Cl)c1Cl. The number of nitrogens with zero attached hydrogens (tertiary/aromatic N) is 1. The smallest absolute Gasteiger partial charge is 0.114 e. The van der Waals surface area contributed by atoms with Crippen molar-refractivity contribution in [3.05, 3.63) is 33.3 Å². The van der Waals surface area contributed by atoms with Crippen LogP contribution in [0.2, 0.25) is 10.0 Å². The molecule has 5 heteroatoms. The van der Waals surface area contributed by atoms with Crippen molar-refractivity contribution < 1.29 is 0 Å². The van der Waals surface area contributed by atoms with Gasteiger partial charge in [0.25, 0.3) is 0 Å². The predicted molar refractivity (Wildman–Crippen MR) is 74.0 cm³/mol. The van der Waals surface area contributed by atoms with Crippen LogP contribution in [0.1, 0.15) is 23.8 Å². The van der Waals surface area contributed by atoms with Crippen LogP contribution in [0.3, 0.4) is 0 Å². The van der Waals surface area contributed by atoms with E-state index in [9.17, 15) is 0 Å². The second kappa shape index (κ2) is 4.16. The summed E-state index contributed by atoms with van der Waals surface area (Å²) in [6.45, 7) is 0. The van der Waals surface area contributed by atoms with E-state index in [0.717, 1.165) is 21.3 Å². The van der Waals surface area contributed by atoms with Crippen LogP contribution in [0, 0.1) is 0 Å². The lowest BCUT2D eigenvalue weighted by Crippen LogP contribution is -1.87. The quantitative estimate of drug-likeness (QED) is 0.877. The van der Waals surface area contributed by atoms with Crippen molar-refractivity contribution in [3.63, 3.8) is 0 Å². The predicted octanol–water partition coefficient (Wildman–Crippen LogP) is 4.58. The average Bonchev–Trinajstić information content (AvgIpc) is 3.07. The van der Waals surface area contributed by atoms with E-state index in [1.165, 1.54) is 12.8 Å². The van der Waals surface area contributed by atoms with Crippen LogP contribution in [0.15, 0.2) is 18.2 Å². The van der Waals surface area contributed by atoms with E-state index >= 15 is 0 Å². The molecule has 2 aromatic rings. The van der Waals surface area contributed by atoms with Gasteiger partial charge in [-0.2, -0.15) is 0 Å². The van der Waals surface area contributed by atoms with Crippen molar-refractivity contribution in [2.24, 2.45) is 0 Å². The number of benzene rings is 1. The van der Waals surface area contributed by atoms with E-state index < -0.39 is 0 Å². The zero-order valence-electron chi connectivity index (χ0n) is 8.91. The minimum absolute atomic E-state index is 0.522. The molecule has 0 unspecified atom stereocenters. The maximum absolute atomic E-state index is 6.18. The van der Waals surface area contributed by atoms with Crippen molar-refractivity contribution >= 4 is 39.5 Å². The van der Waals surface area contributed by atoms with Gasteiger partial charge in [0.15, 0.2) is 0 Å². The Morgan fingerprint density at radius 1 is 1.29 bits per heavy atom. The van der Waals surface area contributed by atoms with E-state index in [2.05, 4.69) is 4.98 Å². The van der Waals surface area contributed by atoms with Gasteiger partial charge in [0.2, 0.25) is 0 Å². The monoisotopic (exact) mass is 284 g/mol. The van der Waals surface area contributed by atoms with Gasteiger partial charge in [-0.05, 0) is 18.9 Å². The summed E-state index contributed by atoms with van der Waals surface area (Å²) in [6.07, 6.45) is 2.44. The number of anilines is 1. The van der Waals surface area contributed by atoms with Gasteiger partial charge < -0.3 is 5.73 Å². The maximum atomic E-state index is 6.18. The van der Waals surface area contributed by atoms with E-state index in [0.29, 0.717) is 16.0 Å². The summed E-state index contributed by atoms with van der Waals surface area (Å²) < 4.78 is 0. The first kappa shape index (κ1) is 11.3. The topological polar surface area (TPSA) is 38.9 Å². The van der Waals surface area contributed by atoms with Crippen molar-refractivity contribution in [2.75, 3.05) is 5.73 Å². The Hall–Kier alpha value is -0.770. The Balaban J connectivity index is 2.11. The van der Waals surface area contributed by atoms with E-state index in [1.54, 1.807) is 17.4 Å². The van der Waals surface area contributed by atoms with Gasteiger partial charge in [-0.3, -0.25) is 0 Å². The third-order valence-corrected chi connectivity index (χ3v) is 4.67. The molecule has 1 aliphatic rings. The molecule has 1 aromatic carbocycles. The fourth-order valence-electron chi connectivity index (χ4n) is 1.73. The summed E-state index contributed by atoms with van der Waals surface area (Å²) in [7, 11) is 0. The van der Waals surface area contributed by atoms with Crippen LogP contribution in [0.4, 0.5) is 5.00 Å². The van der Waals surface area contributed by atoms with Crippen molar-refractivity contribution in [3.8, 4) is 11.3 Å². The van der Waals surface area contributed by atoms with Gasteiger partial charge in [0, 0.05) is 11.5 Å². The van der Waals surface area contributed by atoms with Gasteiger partial charge in [-0.25, -0.2) is 4.98 Å². The van der Waals surface area contributed by atoms with E-state index in [1.807, 2.05) is 12.1 Å². The number of halogens is 2. The normalized spacial score (nSPS) is 15.2. The summed E-state index contributed by atoms with van der Waals surface area (Å²) in [5.41, 5.74) is 7.60. The fourth-order valence-corrected chi connectivity index (χ4v) is 3.14. The second-order valence-corrected chi connectivity index (χ2v) is 5.99. The molecular formula is C12H10Cl2N2S. The van der Waals surface area contributed by atoms with Crippen LogP contribution in [0.25, 0.3) is 11.3 Å². The number of hydrogen-bond acceptors (Lipinski definition) is 3. The molecule has 0 atom stereocenters. The third-order valence-electron chi connectivity index (χ3n) is 2.80. The molecule has 1 fully saturated rings. The molecule has 1 saturated carbocycles. The molecule has 0 saturated heterocycles. The van der Waals surface area contributed by atoms with Gasteiger partial charge in [-0.1, -0.05) is 35.3 Å². The molecule has 1 heterocycles. The molecule has 0 bridgehead atoms. The molecule has 1 aromatic heterocycles. The second-order valence-electron chi connectivity index (χ2n) is 4.14. The molecule has 17 heavy (non-hydrogen) atoms. The van der Waals surface area contributed by atoms with Gasteiger partial charge >= 0.3 is 0 Å². The summed E-state index contributed by atoms with van der Waals surface area (Å²) in [6, 6.07) is 5.52. The lowest BCUT2D eigenvalue weighted by atomic mass is 10.1. The molecule has 0 aliphatic heterocycles. The van der Waals surface area contributed by atoms with Gasteiger partial charge in [0.1, 0.15) is 10.7 Å². The molecular weight excluding hydrogens is 275 g/mol. The molecule has 0 spiro atoms. The number of hydrogen-bond donors (Lipinski definition) is 1. The van der Waals surface area contributed by atoms with E-state index in [-0.39, 0.29) is 0 Å². The van der Waals surface area contributed by atoms with E-state index in [4.69, 9.17) is 28.9 Å². The first-order chi connectivity index (χ1) is 8.16. The Labute approximate surface area is 113 Å². The molecule has 3 rings (SSSR count). The van der Waals surface area contributed by atoms with Crippen LogP contribution in [-0.2, 0) is 0 Å². The minimum Gasteiger partial charge on any atom is -0.389 e. The highest BCUT2D eigenvalue weighted by atomic mass is 35.5. The van der Waals surface area contributed by atoms with Gasteiger partial charge in [0.05, 0.1) is 15.1 Å². The molecule has 88 valence electrons. The highest BCUT2D eigenvalue weighted by molar-refractivity contribution is 7.16. The molecule has 2 N–H and O–H groups in total. The number of aromatic nitrogens is 1. The lowest BCUT2D eigenvalue weighted by molar-refractivity contribution is 1.09. The number of nitrogen functional groups attached to an aromatic ring is 1. The average molecular weight is 285 g/mol. The number of thiazole rings is 1. The minimum atomic E-state index is 0.522. The zero-order valence-corrected chi connectivity index (χ0v) is 11.2. The molecule has 0 amide bonds. The summed E-state index contributed by atoms with van der Waals surface area (Å²) in [5.74, 6) is 0.606.